The Hall–Kier alpha value is -2.37. The van der Waals surface area contributed by atoms with Crippen LogP contribution in [0, 0.1) is 0 Å². The van der Waals surface area contributed by atoms with Gasteiger partial charge >= 0.3 is 0 Å². The van der Waals surface area contributed by atoms with Gasteiger partial charge in [0.2, 0.25) is 5.91 Å². The number of fused-ring (bicyclic) bond motifs is 1. The molecule has 1 aliphatic rings. The van der Waals surface area contributed by atoms with Crippen LogP contribution in [0.1, 0.15) is 42.1 Å². The fraction of sp³-hybridized carbons (Fsp3) is 0.438. The van der Waals surface area contributed by atoms with Crippen molar-refractivity contribution < 1.29 is 19.5 Å². The Balaban J connectivity index is 2.38. The van der Waals surface area contributed by atoms with Crippen LogP contribution < -0.4 is 10.8 Å². The van der Waals surface area contributed by atoms with Gasteiger partial charge in [-0.2, -0.15) is 0 Å². The molecule has 0 saturated carbocycles. The average Bonchev–Trinajstić information content (AvgIpc) is 2.50. The molecule has 0 fully saturated rings. The number of carbonyl (C=O) groups is 3. The Morgan fingerprint density at radius 1 is 1.36 bits per heavy atom. The van der Waals surface area contributed by atoms with Crippen molar-refractivity contribution in [3.8, 4) is 0 Å². The van der Waals surface area contributed by atoms with Crippen molar-refractivity contribution >= 4 is 17.8 Å². The van der Waals surface area contributed by atoms with Gasteiger partial charge in [0.05, 0.1) is 5.41 Å². The predicted octanol–water partition coefficient (Wildman–Crippen LogP) is 0.441. The van der Waals surface area contributed by atoms with Crippen LogP contribution in [-0.4, -0.2) is 35.8 Å². The van der Waals surface area contributed by atoms with Crippen LogP contribution in [0.2, 0.25) is 0 Å². The molecule has 22 heavy (non-hydrogen) atoms. The number of primary amides is 1. The molecule has 1 unspecified atom stereocenters. The largest absolute Gasteiger partial charge is 0.530 e. The number of hydrogen-bond donors (Lipinski definition) is 1. The second-order valence-corrected chi connectivity index (χ2v) is 5.51. The third-order valence-electron chi connectivity index (χ3n) is 4.44. The molecule has 118 valence electrons. The quantitative estimate of drug-likeness (QED) is 0.852. The Labute approximate surface area is 128 Å². The van der Waals surface area contributed by atoms with Crippen LogP contribution >= 0.6 is 0 Å². The van der Waals surface area contributed by atoms with Crippen molar-refractivity contribution in [2.45, 2.75) is 31.6 Å². The van der Waals surface area contributed by atoms with Crippen LogP contribution in [0.5, 0.6) is 0 Å². The fourth-order valence-corrected chi connectivity index (χ4v) is 3.08. The van der Waals surface area contributed by atoms with Crippen molar-refractivity contribution in [2.75, 3.05) is 13.1 Å². The smallest absolute Gasteiger partial charge is 0.228 e. The lowest BCUT2D eigenvalue weighted by Crippen LogP contribution is -2.49. The van der Waals surface area contributed by atoms with E-state index in [2.05, 4.69) is 0 Å². The van der Waals surface area contributed by atoms with Gasteiger partial charge in [0.1, 0.15) is 6.09 Å². The zero-order chi connectivity index (χ0) is 16.3. The molecule has 0 bridgehead atoms. The number of carboxylic acid groups (broad SMARTS) is 1. The first-order valence-electron chi connectivity index (χ1n) is 7.31. The lowest BCUT2D eigenvalue weighted by Gasteiger charge is -2.37. The molecular formula is C16H19N2O4-. The summed E-state index contributed by atoms with van der Waals surface area (Å²) in [7, 11) is 0. The fourth-order valence-electron chi connectivity index (χ4n) is 3.08. The predicted molar refractivity (Wildman–Crippen MR) is 78.1 cm³/mol. The Kier molecular flexibility index (Phi) is 4.49. The highest BCUT2D eigenvalue weighted by atomic mass is 16.4. The van der Waals surface area contributed by atoms with E-state index in [0.29, 0.717) is 17.5 Å². The molecular weight excluding hydrogens is 284 g/mol. The molecule has 0 aliphatic heterocycles. The summed E-state index contributed by atoms with van der Waals surface area (Å²) < 4.78 is 0. The van der Waals surface area contributed by atoms with Crippen molar-refractivity contribution in [1.29, 1.82) is 0 Å². The van der Waals surface area contributed by atoms with Gasteiger partial charge in [-0.1, -0.05) is 24.3 Å². The normalized spacial score (nSPS) is 20.3. The summed E-state index contributed by atoms with van der Waals surface area (Å²) in [6.45, 7) is 2.12. The molecule has 1 aliphatic carbocycles. The van der Waals surface area contributed by atoms with Gasteiger partial charge in [-0.25, -0.2) is 0 Å². The lowest BCUT2D eigenvalue weighted by atomic mass is 9.67. The minimum atomic E-state index is -1.28. The minimum Gasteiger partial charge on any atom is -0.530 e. The second-order valence-electron chi connectivity index (χ2n) is 5.51. The van der Waals surface area contributed by atoms with Gasteiger partial charge in [-0.3, -0.25) is 9.59 Å². The summed E-state index contributed by atoms with van der Waals surface area (Å²) in [6, 6.07) is 6.91. The maximum absolute atomic E-state index is 12.1. The van der Waals surface area contributed by atoms with Crippen LogP contribution in [0.4, 0.5) is 4.79 Å². The zero-order valence-electron chi connectivity index (χ0n) is 12.5. The molecule has 2 N–H and O–H groups in total. The molecule has 6 nitrogen and oxygen atoms in total. The first-order valence-corrected chi connectivity index (χ1v) is 7.31. The van der Waals surface area contributed by atoms with E-state index in [1.54, 1.807) is 31.2 Å². The summed E-state index contributed by atoms with van der Waals surface area (Å²) in [4.78, 5) is 36.3. The molecule has 1 aromatic rings. The molecule has 2 rings (SSSR count). The number of carbonyl (C=O) groups excluding carboxylic acids is 3. The molecule has 1 atom stereocenters. The van der Waals surface area contributed by atoms with E-state index in [1.807, 2.05) is 0 Å². The number of nitrogens with two attached hydrogens (primary N) is 1. The summed E-state index contributed by atoms with van der Waals surface area (Å²) in [6.07, 6.45) is -0.489. The summed E-state index contributed by atoms with van der Waals surface area (Å²) in [5, 5.41) is 11.0. The van der Waals surface area contributed by atoms with Crippen molar-refractivity contribution in [3.63, 3.8) is 0 Å². The van der Waals surface area contributed by atoms with E-state index >= 15 is 0 Å². The van der Waals surface area contributed by atoms with E-state index in [9.17, 15) is 19.5 Å². The SMILES string of the molecule is CCN(CCC1(C(N)=O)CCC(=O)c2ccccc21)C(=O)[O-]. The van der Waals surface area contributed by atoms with E-state index in [0.717, 1.165) is 4.90 Å². The van der Waals surface area contributed by atoms with Gasteiger partial charge in [0.15, 0.2) is 5.78 Å². The van der Waals surface area contributed by atoms with Crippen molar-refractivity contribution in [3.05, 3.63) is 35.4 Å². The maximum atomic E-state index is 12.1. The molecule has 0 spiro atoms. The van der Waals surface area contributed by atoms with E-state index < -0.39 is 17.4 Å². The van der Waals surface area contributed by atoms with E-state index in [1.165, 1.54) is 0 Å². The Morgan fingerprint density at radius 2 is 2.05 bits per heavy atom. The standard InChI is InChI=1S/C16H20N2O4/c1-2-18(15(21)22)10-9-16(14(17)20)8-7-13(19)11-5-3-4-6-12(11)16/h3-6H,2,7-10H2,1H3,(H2,17,20)(H,21,22)/p-1. The number of Topliss-reactive ketones (excluding diaryl/α,β-unsaturated/α-hetero) is 1. The Bertz CT molecular complexity index is 614. The topological polar surface area (TPSA) is 104 Å². The molecule has 0 aromatic heterocycles. The third kappa shape index (κ3) is 2.68. The number of amides is 2. The number of ketones is 1. The number of benzene rings is 1. The lowest BCUT2D eigenvalue weighted by molar-refractivity contribution is -0.265. The van der Waals surface area contributed by atoms with E-state index in [-0.39, 0.29) is 31.7 Å². The second kappa shape index (κ2) is 6.17. The van der Waals surface area contributed by atoms with Gasteiger partial charge in [-0.15, -0.1) is 0 Å². The van der Waals surface area contributed by atoms with E-state index in [4.69, 9.17) is 5.73 Å². The van der Waals surface area contributed by atoms with Crippen molar-refractivity contribution in [1.82, 2.24) is 4.90 Å². The first-order chi connectivity index (χ1) is 10.4. The molecule has 0 heterocycles. The highest BCUT2D eigenvalue weighted by Crippen LogP contribution is 2.40. The minimum absolute atomic E-state index is 0.0141. The van der Waals surface area contributed by atoms with Gasteiger partial charge in [0.25, 0.3) is 0 Å². The molecule has 6 heteroatoms. The zero-order valence-corrected chi connectivity index (χ0v) is 12.5. The average molecular weight is 303 g/mol. The number of nitrogens with zero attached hydrogens (tertiary/aromatic N) is 1. The highest BCUT2D eigenvalue weighted by molar-refractivity contribution is 6.03. The Morgan fingerprint density at radius 3 is 2.64 bits per heavy atom. The number of hydrogen-bond acceptors (Lipinski definition) is 4. The monoisotopic (exact) mass is 303 g/mol. The summed E-state index contributed by atoms with van der Waals surface area (Å²) in [5.74, 6) is -0.540. The van der Waals surface area contributed by atoms with Gasteiger partial charge in [0, 0.05) is 25.1 Å². The van der Waals surface area contributed by atoms with Crippen LogP contribution in [0.3, 0.4) is 0 Å². The van der Waals surface area contributed by atoms with Crippen LogP contribution in [0.15, 0.2) is 24.3 Å². The van der Waals surface area contributed by atoms with Gasteiger partial charge < -0.3 is 20.5 Å². The number of rotatable bonds is 5. The molecule has 1 aromatic carbocycles. The first kappa shape index (κ1) is 16.0. The molecule has 0 radical (unpaired) electrons. The van der Waals surface area contributed by atoms with Crippen LogP contribution in [-0.2, 0) is 10.2 Å². The maximum Gasteiger partial charge on any atom is 0.228 e. The molecule has 0 saturated heterocycles. The van der Waals surface area contributed by atoms with Gasteiger partial charge in [-0.05, 0) is 25.3 Å². The van der Waals surface area contributed by atoms with Crippen LogP contribution in [0.25, 0.3) is 0 Å². The molecule has 2 amide bonds. The summed E-state index contributed by atoms with van der Waals surface area (Å²) >= 11 is 0. The summed E-state index contributed by atoms with van der Waals surface area (Å²) in [5.41, 5.74) is 5.74. The van der Waals surface area contributed by atoms with Crippen molar-refractivity contribution in [2.24, 2.45) is 5.73 Å². The highest BCUT2D eigenvalue weighted by Gasteiger charge is 2.44. The third-order valence-corrected chi connectivity index (χ3v) is 4.44.